The fraction of sp³-hybridized carbons (Fsp3) is 0.511. The van der Waals surface area contributed by atoms with Crippen LogP contribution in [-0.2, 0) is 19.2 Å². The number of aryl methyl sites for hydroxylation is 2. The Kier molecular flexibility index (Phi) is 23.4. The van der Waals surface area contributed by atoms with E-state index in [0.29, 0.717) is 38.2 Å². The van der Waals surface area contributed by atoms with Crippen molar-refractivity contribution in [3.05, 3.63) is 102 Å². The van der Waals surface area contributed by atoms with Crippen LogP contribution >= 0.6 is 11.8 Å². The van der Waals surface area contributed by atoms with E-state index in [1.165, 1.54) is 16.7 Å². The second-order valence-electron chi connectivity index (χ2n) is 14.1. The number of hydrogen-bond donors (Lipinski definition) is 2. The number of ether oxygens (including phenoxy) is 1. The van der Waals surface area contributed by atoms with Crippen LogP contribution in [0.3, 0.4) is 0 Å². The smallest absolute Gasteiger partial charge is 0.242 e. The minimum atomic E-state index is -0.552. The van der Waals surface area contributed by atoms with E-state index in [1.807, 2.05) is 45.9 Å². The number of allylic oxidation sites excluding steroid dienone is 12. The molecule has 2 N–H and O–H groups in total. The highest BCUT2D eigenvalue weighted by Crippen LogP contribution is 2.26. The van der Waals surface area contributed by atoms with Gasteiger partial charge in [0.25, 0.3) is 0 Å². The summed E-state index contributed by atoms with van der Waals surface area (Å²) >= 11 is 1.39. The number of carbonyl (C=O) groups is 4. The normalized spacial score (nSPS) is 15.4. The first-order valence-corrected chi connectivity index (χ1v) is 20.7. The van der Waals surface area contributed by atoms with Crippen LogP contribution in [0.1, 0.15) is 103 Å². The molecule has 8 nitrogen and oxygen atoms in total. The predicted octanol–water partition coefficient (Wildman–Crippen LogP) is 9.06. The van der Waals surface area contributed by atoms with Crippen LogP contribution in [-0.4, -0.2) is 65.8 Å². The third-order valence-electron chi connectivity index (χ3n) is 8.86. The van der Waals surface area contributed by atoms with Gasteiger partial charge in [-0.1, -0.05) is 106 Å². The summed E-state index contributed by atoms with van der Waals surface area (Å²) < 4.78 is 5.94. The highest BCUT2D eigenvalue weighted by atomic mass is 32.2. The first-order chi connectivity index (χ1) is 26.0. The summed E-state index contributed by atoms with van der Waals surface area (Å²) in [5, 5.41) is 5.34. The van der Waals surface area contributed by atoms with Crippen molar-refractivity contribution in [3.8, 4) is 5.75 Å². The number of hydrogen-bond acceptors (Lipinski definition) is 6. The largest absolute Gasteiger partial charge is 0.493 e. The first kappa shape index (κ1) is 46.0. The molecule has 1 saturated heterocycles. The van der Waals surface area contributed by atoms with Gasteiger partial charge in [0.2, 0.25) is 23.6 Å². The molecule has 1 atom stereocenters. The highest BCUT2D eigenvalue weighted by Gasteiger charge is 2.38. The third-order valence-corrected chi connectivity index (χ3v) is 10.1. The van der Waals surface area contributed by atoms with Gasteiger partial charge in [-0.15, -0.1) is 11.8 Å². The van der Waals surface area contributed by atoms with Crippen molar-refractivity contribution >= 4 is 35.4 Å². The molecule has 1 aromatic rings. The molecule has 0 radical (unpaired) electrons. The zero-order valence-electron chi connectivity index (χ0n) is 33.4. The van der Waals surface area contributed by atoms with Gasteiger partial charge in [-0.3, -0.25) is 24.1 Å². The summed E-state index contributed by atoms with van der Waals surface area (Å²) in [5.74, 6) is 0.810. The molecule has 4 amide bonds. The fourth-order valence-corrected chi connectivity index (χ4v) is 6.58. The Morgan fingerprint density at radius 2 is 1.44 bits per heavy atom. The van der Waals surface area contributed by atoms with Crippen LogP contribution in [0.4, 0.5) is 0 Å². The van der Waals surface area contributed by atoms with Crippen molar-refractivity contribution in [1.82, 2.24) is 15.5 Å². The molecule has 0 saturated carbocycles. The molecule has 1 unspecified atom stereocenters. The summed E-state index contributed by atoms with van der Waals surface area (Å²) in [6.07, 6.45) is 34.1. The van der Waals surface area contributed by atoms with E-state index < -0.39 is 10.7 Å². The molecule has 0 spiro atoms. The van der Waals surface area contributed by atoms with Crippen molar-refractivity contribution in [2.75, 3.05) is 32.0 Å². The number of likely N-dealkylation sites (tertiary alicyclic amines) is 1. The van der Waals surface area contributed by atoms with Crippen LogP contribution in [0.15, 0.2) is 91.1 Å². The maximum absolute atomic E-state index is 12.9. The molecule has 1 fully saturated rings. The van der Waals surface area contributed by atoms with Crippen LogP contribution in [0.2, 0.25) is 0 Å². The Hall–Kier alpha value is -4.11. The average Bonchev–Trinajstić information content (AvgIpc) is 3.41. The van der Waals surface area contributed by atoms with E-state index in [2.05, 4.69) is 90.5 Å². The van der Waals surface area contributed by atoms with Gasteiger partial charge in [0, 0.05) is 43.6 Å². The lowest BCUT2D eigenvalue weighted by Gasteiger charge is -2.24. The van der Waals surface area contributed by atoms with Gasteiger partial charge in [-0.2, -0.15) is 0 Å². The topological polar surface area (TPSA) is 105 Å². The molecule has 0 aromatic heterocycles. The molecule has 1 aliphatic heterocycles. The lowest BCUT2D eigenvalue weighted by Crippen LogP contribution is -2.39. The summed E-state index contributed by atoms with van der Waals surface area (Å²) in [5.41, 5.74) is 1.69. The van der Waals surface area contributed by atoms with Crippen molar-refractivity contribution in [1.29, 1.82) is 0 Å². The van der Waals surface area contributed by atoms with Crippen LogP contribution in [0.5, 0.6) is 5.75 Å². The second kappa shape index (κ2) is 27.5. The van der Waals surface area contributed by atoms with Crippen molar-refractivity contribution in [2.24, 2.45) is 5.41 Å². The van der Waals surface area contributed by atoms with Crippen molar-refractivity contribution in [2.45, 2.75) is 110 Å². The van der Waals surface area contributed by atoms with Crippen LogP contribution in [0.25, 0.3) is 0 Å². The number of nitrogens with one attached hydrogen (secondary N) is 2. The Morgan fingerprint density at radius 1 is 0.852 bits per heavy atom. The molecule has 1 aliphatic rings. The quantitative estimate of drug-likeness (QED) is 0.0527. The molecule has 296 valence electrons. The zero-order valence-corrected chi connectivity index (χ0v) is 34.3. The molecule has 54 heavy (non-hydrogen) atoms. The number of rotatable bonds is 27. The number of amides is 4. The van der Waals surface area contributed by atoms with Gasteiger partial charge in [0.15, 0.2) is 0 Å². The number of imide groups is 1. The van der Waals surface area contributed by atoms with E-state index in [0.717, 1.165) is 61.8 Å². The molecule has 1 heterocycles. The Labute approximate surface area is 329 Å². The highest BCUT2D eigenvalue weighted by molar-refractivity contribution is 8.00. The zero-order chi connectivity index (χ0) is 39.4. The summed E-state index contributed by atoms with van der Waals surface area (Å²) in [7, 11) is 0. The van der Waals surface area contributed by atoms with Crippen molar-refractivity contribution in [3.63, 3.8) is 0 Å². The Bertz CT molecular complexity index is 1490. The maximum Gasteiger partial charge on any atom is 0.242 e. The predicted molar refractivity (Wildman–Crippen MR) is 225 cm³/mol. The number of carbonyl (C=O) groups excluding carboxylic acids is 4. The lowest BCUT2D eigenvalue weighted by molar-refractivity contribution is -0.138. The van der Waals surface area contributed by atoms with Gasteiger partial charge in [-0.25, -0.2) is 0 Å². The monoisotopic (exact) mass is 759 g/mol. The summed E-state index contributed by atoms with van der Waals surface area (Å²) in [6.45, 7) is 11.4. The van der Waals surface area contributed by atoms with Crippen molar-refractivity contribution < 1.29 is 23.9 Å². The SMILES string of the molecule is CCC=CCC=CCC=CCC=CCC=CCC=CCCC(=O)NCCN1C(=O)CC(SCCNC(=O)C(C)(C)CCCOc2cc(C)ccc2C)C1=O. The van der Waals surface area contributed by atoms with Gasteiger partial charge in [0.1, 0.15) is 5.75 Å². The third kappa shape index (κ3) is 19.8. The average molecular weight is 760 g/mol. The van der Waals surface area contributed by atoms with Crippen LogP contribution in [0, 0.1) is 19.3 Å². The summed E-state index contributed by atoms with van der Waals surface area (Å²) in [6, 6.07) is 6.13. The van der Waals surface area contributed by atoms with E-state index in [1.54, 1.807) is 0 Å². The Morgan fingerprint density at radius 3 is 2.06 bits per heavy atom. The molecular formula is C45H65N3O5S. The first-order valence-electron chi connectivity index (χ1n) is 19.7. The molecular weight excluding hydrogens is 695 g/mol. The van der Waals surface area contributed by atoms with Gasteiger partial charge in [-0.05, 0) is 88.8 Å². The lowest BCUT2D eigenvalue weighted by atomic mass is 9.87. The van der Waals surface area contributed by atoms with E-state index in [4.69, 9.17) is 4.74 Å². The fourth-order valence-electron chi connectivity index (χ4n) is 5.55. The number of thioether (sulfide) groups is 1. The van der Waals surface area contributed by atoms with E-state index >= 15 is 0 Å². The molecule has 0 bridgehead atoms. The number of benzene rings is 1. The van der Waals surface area contributed by atoms with Gasteiger partial charge < -0.3 is 15.4 Å². The van der Waals surface area contributed by atoms with Gasteiger partial charge in [0.05, 0.1) is 11.9 Å². The molecule has 1 aromatic carbocycles. The second-order valence-corrected chi connectivity index (χ2v) is 15.4. The molecule has 2 rings (SSSR count). The van der Waals surface area contributed by atoms with E-state index in [-0.39, 0.29) is 43.1 Å². The maximum atomic E-state index is 12.9. The number of nitrogens with zero attached hydrogens (tertiary/aromatic N) is 1. The Balaban J connectivity index is 1.51. The van der Waals surface area contributed by atoms with E-state index in [9.17, 15) is 19.2 Å². The summed E-state index contributed by atoms with van der Waals surface area (Å²) in [4.78, 5) is 51.8. The molecule has 0 aliphatic carbocycles. The minimum Gasteiger partial charge on any atom is -0.493 e. The standard InChI is InChI=1S/C45H65N3O5S/c1-6-7-8-9-10-11-12-13-14-15-16-17-18-19-20-21-22-23-24-26-41(49)46-30-32-48-42(50)36-40(43(48)51)54-34-31-47-44(52)45(4,5)29-25-33-53-39-35-37(2)27-28-38(39)3/h7-8,10-11,13-14,16-17,19-20,22-23,27-28,35,40H,6,9,12,15,18,21,24-26,29-34,36H2,1-5H3,(H,46,49)(H,47,52). The van der Waals surface area contributed by atoms with Gasteiger partial charge >= 0.3 is 0 Å². The minimum absolute atomic E-state index is 0.0400. The molecule has 9 heteroatoms. The van der Waals surface area contributed by atoms with Crippen LogP contribution < -0.4 is 15.4 Å².